The highest BCUT2D eigenvalue weighted by Gasteiger charge is 2.36. The Labute approximate surface area is 139 Å². The molecule has 1 saturated heterocycles. The lowest BCUT2D eigenvalue weighted by atomic mass is 10.1. The van der Waals surface area contributed by atoms with Crippen LogP contribution in [0.25, 0.3) is 0 Å². The minimum absolute atomic E-state index is 0.213. The van der Waals surface area contributed by atoms with Gasteiger partial charge < -0.3 is 10.2 Å². The van der Waals surface area contributed by atoms with E-state index in [4.69, 9.17) is 0 Å². The first-order valence-corrected chi connectivity index (χ1v) is 7.93. The van der Waals surface area contributed by atoms with Crippen molar-refractivity contribution in [1.82, 2.24) is 24.9 Å². The Morgan fingerprint density at radius 3 is 2.62 bits per heavy atom. The number of rotatable bonds is 3. The summed E-state index contributed by atoms with van der Waals surface area (Å²) in [7, 11) is 1.81. The number of nitrogens with one attached hydrogen (secondary N) is 1. The van der Waals surface area contributed by atoms with E-state index in [1.807, 2.05) is 27.1 Å². The molecule has 0 aromatic carbocycles. The predicted octanol–water partition coefficient (Wildman–Crippen LogP) is 2.07. The van der Waals surface area contributed by atoms with Crippen LogP contribution in [0.3, 0.4) is 0 Å². The number of piperazine rings is 1. The lowest BCUT2D eigenvalue weighted by Crippen LogP contribution is -2.57. The fourth-order valence-corrected chi connectivity index (χ4v) is 3.04. The second-order valence-corrected chi connectivity index (χ2v) is 6.40. The molecule has 9 heteroatoms. The Morgan fingerprint density at radius 1 is 1.46 bits per heavy atom. The molecule has 2 heterocycles. The van der Waals surface area contributed by atoms with E-state index in [1.54, 1.807) is 16.5 Å². The van der Waals surface area contributed by atoms with Crippen molar-refractivity contribution >= 4 is 6.03 Å². The van der Waals surface area contributed by atoms with E-state index in [2.05, 4.69) is 10.4 Å². The molecule has 0 radical (unpaired) electrons. The van der Waals surface area contributed by atoms with Crippen molar-refractivity contribution < 1.29 is 18.0 Å². The Balaban J connectivity index is 1.91. The van der Waals surface area contributed by atoms with Crippen LogP contribution in [0.4, 0.5) is 18.0 Å². The maximum atomic E-state index is 12.5. The predicted molar refractivity (Wildman–Crippen MR) is 83.6 cm³/mol. The molecule has 1 aromatic heterocycles. The maximum Gasteiger partial charge on any atom is 0.401 e. The van der Waals surface area contributed by atoms with Crippen LogP contribution >= 0.6 is 0 Å². The summed E-state index contributed by atoms with van der Waals surface area (Å²) in [4.78, 5) is 15.3. The minimum atomic E-state index is -4.22. The number of hydrogen-bond acceptors (Lipinski definition) is 3. The third-order valence-electron chi connectivity index (χ3n) is 4.29. The van der Waals surface area contributed by atoms with Crippen LogP contribution in [0.1, 0.15) is 31.1 Å². The lowest BCUT2D eigenvalue weighted by molar-refractivity contribution is -0.153. The zero-order valence-corrected chi connectivity index (χ0v) is 14.4. The highest BCUT2D eigenvalue weighted by Crippen LogP contribution is 2.21. The fourth-order valence-electron chi connectivity index (χ4n) is 3.04. The van der Waals surface area contributed by atoms with Crippen molar-refractivity contribution in [2.24, 2.45) is 7.05 Å². The van der Waals surface area contributed by atoms with Crippen molar-refractivity contribution in [1.29, 1.82) is 0 Å². The molecular weight excluding hydrogens is 323 g/mol. The third-order valence-corrected chi connectivity index (χ3v) is 4.29. The molecule has 24 heavy (non-hydrogen) atoms. The number of aromatic nitrogens is 2. The van der Waals surface area contributed by atoms with Gasteiger partial charge in [0.25, 0.3) is 0 Å². The Kier molecular flexibility index (Phi) is 5.42. The Bertz CT molecular complexity index is 586. The number of alkyl halides is 3. The van der Waals surface area contributed by atoms with Gasteiger partial charge in [-0.25, -0.2) is 4.79 Å². The second kappa shape index (κ2) is 7.00. The highest BCUT2D eigenvalue weighted by molar-refractivity contribution is 5.75. The van der Waals surface area contributed by atoms with E-state index in [0.29, 0.717) is 0 Å². The molecule has 1 aliphatic heterocycles. The maximum absolute atomic E-state index is 12.5. The smallest absolute Gasteiger partial charge is 0.331 e. The summed E-state index contributed by atoms with van der Waals surface area (Å²) in [6.07, 6.45) is -2.37. The molecule has 1 fully saturated rings. The highest BCUT2D eigenvalue weighted by atomic mass is 19.4. The number of amides is 2. The summed E-state index contributed by atoms with van der Waals surface area (Å²) in [5, 5.41) is 7.14. The van der Waals surface area contributed by atoms with Crippen molar-refractivity contribution in [2.45, 2.75) is 39.0 Å². The van der Waals surface area contributed by atoms with E-state index in [1.165, 1.54) is 4.90 Å². The van der Waals surface area contributed by atoms with E-state index in [-0.39, 0.29) is 37.7 Å². The molecule has 2 atom stereocenters. The van der Waals surface area contributed by atoms with Gasteiger partial charge in [-0.15, -0.1) is 0 Å². The number of halogens is 3. The van der Waals surface area contributed by atoms with Crippen LogP contribution < -0.4 is 5.32 Å². The first-order chi connectivity index (χ1) is 11.1. The minimum Gasteiger partial charge on any atom is -0.331 e. The van der Waals surface area contributed by atoms with Crippen LogP contribution in [0.2, 0.25) is 0 Å². The van der Waals surface area contributed by atoms with E-state index >= 15 is 0 Å². The Hall–Kier alpha value is -1.77. The molecule has 0 spiro atoms. The van der Waals surface area contributed by atoms with Crippen LogP contribution in [0, 0.1) is 6.92 Å². The molecule has 0 unspecified atom stereocenters. The van der Waals surface area contributed by atoms with E-state index < -0.39 is 12.7 Å². The van der Waals surface area contributed by atoms with Crippen molar-refractivity contribution in [3.05, 3.63) is 17.5 Å². The average molecular weight is 347 g/mol. The molecule has 6 nitrogen and oxygen atoms in total. The summed E-state index contributed by atoms with van der Waals surface area (Å²) in [5.74, 6) is 0. The standard InChI is InChI=1S/C15H24F3N5O/c1-10-7-22(5-6-23(10)9-15(16,17)18)14(24)19-11(2)13-8-21(4)20-12(13)3/h8,10-11H,5-7,9H2,1-4H3,(H,19,24)/t10-,11+/m1/s1. The molecule has 2 rings (SSSR count). The van der Waals surface area contributed by atoms with Crippen LogP contribution in [-0.2, 0) is 7.05 Å². The van der Waals surface area contributed by atoms with E-state index in [0.717, 1.165) is 11.3 Å². The van der Waals surface area contributed by atoms with Gasteiger partial charge in [0.15, 0.2) is 0 Å². The quantitative estimate of drug-likeness (QED) is 0.911. The van der Waals surface area contributed by atoms with Crippen LogP contribution in [-0.4, -0.2) is 64.0 Å². The zero-order valence-electron chi connectivity index (χ0n) is 14.4. The van der Waals surface area contributed by atoms with Crippen molar-refractivity contribution in [2.75, 3.05) is 26.2 Å². The van der Waals surface area contributed by atoms with Gasteiger partial charge in [-0.2, -0.15) is 18.3 Å². The molecule has 0 saturated carbocycles. The summed E-state index contributed by atoms with van der Waals surface area (Å²) in [5.41, 5.74) is 1.77. The van der Waals surface area contributed by atoms with Crippen LogP contribution in [0.5, 0.6) is 0 Å². The molecule has 2 amide bonds. The topological polar surface area (TPSA) is 53.4 Å². The van der Waals surface area contributed by atoms with Gasteiger partial charge >= 0.3 is 12.2 Å². The molecule has 1 N–H and O–H groups in total. The molecular formula is C15H24F3N5O. The van der Waals surface area contributed by atoms with Gasteiger partial charge in [0, 0.05) is 44.5 Å². The van der Waals surface area contributed by atoms with Gasteiger partial charge in [-0.05, 0) is 20.8 Å². The molecule has 1 aromatic rings. The van der Waals surface area contributed by atoms with Crippen molar-refractivity contribution in [3.63, 3.8) is 0 Å². The Morgan fingerprint density at radius 2 is 2.12 bits per heavy atom. The van der Waals surface area contributed by atoms with E-state index in [9.17, 15) is 18.0 Å². The number of nitrogens with zero attached hydrogens (tertiary/aromatic N) is 4. The third kappa shape index (κ3) is 4.62. The van der Waals surface area contributed by atoms with Gasteiger partial charge in [0.1, 0.15) is 0 Å². The van der Waals surface area contributed by atoms with Gasteiger partial charge in [0.2, 0.25) is 0 Å². The summed E-state index contributed by atoms with van der Waals surface area (Å²) in [6, 6.07) is -0.805. The number of carbonyl (C=O) groups excluding carboxylic acids is 1. The summed E-state index contributed by atoms with van der Waals surface area (Å²) >= 11 is 0. The summed E-state index contributed by atoms with van der Waals surface area (Å²) < 4.78 is 39.3. The monoisotopic (exact) mass is 347 g/mol. The largest absolute Gasteiger partial charge is 0.401 e. The van der Waals surface area contributed by atoms with Crippen molar-refractivity contribution in [3.8, 4) is 0 Å². The summed E-state index contributed by atoms with van der Waals surface area (Å²) in [6.45, 7) is 5.29. The molecule has 0 bridgehead atoms. The molecule has 1 aliphatic rings. The lowest BCUT2D eigenvalue weighted by Gasteiger charge is -2.40. The molecule has 136 valence electrons. The zero-order chi connectivity index (χ0) is 18.1. The van der Waals surface area contributed by atoms with Gasteiger partial charge in [-0.1, -0.05) is 0 Å². The first kappa shape index (κ1) is 18.6. The normalized spacial score (nSPS) is 21.0. The average Bonchev–Trinajstić information content (AvgIpc) is 2.78. The number of carbonyl (C=O) groups is 1. The second-order valence-electron chi connectivity index (χ2n) is 6.40. The fraction of sp³-hybridized carbons (Fsp3) is 0.733. The van der Waals surface area contributed by atoms with Gasteiger partial charge in [0.05, 0.1) is 18.3 Å². The number of hydrogen-bond donors (Lipinski definition) is 1. The first-order valence-electron chi connectivity index (χ1n) is 7.93. The SMILES string of the molecule is Cc1nn(C)cc1[C@H](C)NC(=O)N1CCN(CC(F)(F)F)[C@H](C)C1. The molecule has 0 aliphatic carbocycles. The number of aryl methyl sites for hydroxylation is 2. The number of urea groups is 1. The van der Waals surface area contributed by atoms with Crippen LogP contribution in [0.15, 0.2) is 6.20 Å². The van der Waals surface area contributed by atoms with Gasteiger partial charge in [-0.3, -0.25) is 9.58 Å².